The van der Waals surface area contributed by atoms with Gasteiger partial charge in [0.1, 0.15) is 5.75 Å². The molecule has 1 unspecified atom stereocenters. The highest BCUT2D eigenvalue weighted by Gasteiger charge is 2.20. The maximum atomic E-state index is 12.1. The van der Waals surface area contributed by atoms with E-state index in [1.165, 1.54) is 11.4 Å². The molecule has 0 saturated carbocycles. The van der Waals surface area contributed by atoms with Crippen LogP contribution in [0.3, 0.4) is 0 Å². The van der Waals surface area contributed by atoms with Gasteiger partial charge in [-0.05, 0) is 45.0 Å². The summed E-state index contributed by atoms with van der Waals surface area (Å²) in [6.07, 6.45) is 0.556. The van der Waals surface area contributed by atoms with E-state index in [9.17, 15) is 13.2 Å². The van der Waals surface area contributed by atoms with Crippen molar-refractivity contribution in [2.24, 2.45) is 0 Å². The van der Waals surface area contributed by atoms with Crippen LogP contribution < -0.4 is 9.04 Å². The molecule has 124 valence electrons. The molecule has 0 aliphatic heterocycles. The molecule has 1 rings (SSSR count). The topological polar surface area (TPSA) is 66.9 Å². The number of nitrogens with zero attached hydrogens (tertiary/aromatic N) is 2. The van der Waals surface area contributed by atoms with Crippen LogP contribution in [0.15, 0.2) is 24.3 Å². The second-order valence-corrected chi connectivity index (χ2v) is 7.01. The molecule has 7 heteroatoms. The summed E-state index contributed by atoms with van der Waals surface area (Å²) in [5, 5.41) is 0. The molecule has 0 radical (unpaired) electrons. The van der Waals surface area contributed by atoms with E-state index < -0.39 is 16.1 Å². The van der Waals surface area contributed by atoms with Crippen LogP contribution >= 0.6 is 0 Å². The number of amides is 1. The van der Waals surface area contributed by atoms with Crippen LogP contribution in [0.1, 0.15) is 20.8 Å². The lowest BCUT2D eigenvalue weighted by atomic mass is 10.3. The Morgan fingerprint density at radius 3 is 2.09 bits per heavy atom. The van der Waals surface area contributed by atoms with E-state index in [2.05, 4.69) is 0 Å². The molecule has 0 aliphatic rings. The van der Waals surface area contributed by atoms with Gasteiger partial charge in [-0.25, -0.2) is 8.42 Å². The minimum Gasteiger partial charge on any atom is -0.481 e. The summed E-state index contributed by atoms with van der Waals surface area (Å²) in [5.74, 6) is 0.459. The van der Waals surface area contributed by atoms with Gasteiger partial charge in [-0.1, -0.05) is 0 Å². The van der Waals surface area contributed by atoms with Crippen molar-refractivity contribution in [3.63, 3.8) is 0 Å². The molecule has 1 aromatic carbocycles. The third kappa shape index (κ3) is 4.62. The predicted octanol–water partition coefficient (Wildman–Crippen LogP) is 1.72. The van der Waals surface area contributed by atoms with E-state index in [1.807, 2.05) is 13.8 Å². The van der Waals surface area contributed by atoms with Crippen molar-refractivity contribution in [3.8, 4) is 5.75 Å². The first-order valence-corrected chi connectivity index (χ1v) is 9.04. The molecule has 22 heavy (non-hydrogen) atoms. The second kappa shape index (κ2) is 7.49. The molecule has 1 amide bonds. The van der Waals surface area contributed by atoms with Crippen LogP contribution in [-0.4, -0.2) is 51.7 Å². The van der Waals surface area contributed by atoms with Gasteiger partial charge in [-0.2, -0.15) is 0 Å². The molecule has 1 aromatic rings. The number of sulfonamides is 1. The number of carbonyl (C=O) groups is 1. The van der Waals surface area contributed by atoms with Crippen molar-refractivity contribution in [2.45, 2.75) is 26.9 Å². The van der Waals surface area contributed by atoms with Crippen LogP contribution in [0.4, 0.5) is 5.69 Å². The number of anilines is 1. The number of hydrogen-bond acceptors (Lipinski definition) is 4. The van der Waals surface area contributed by atoms with Gasteiger partial charge in [0.15, 0.2) is 6.10 Å². The zero-order valence-corrected chi connectivity index (χ0v) is 14.6. The Bertz CT molecular complexity index is 594. The van der Waals surface area contributed by atoms with Gasteiger partial charge in [-0.15, -0.1) is 0 Å². The van der Waals surface area contributed by atoms with Crippen LogP contribution in [0.2, 0.25) is 0 Å². The highest BCUT2D eigenvalue weighted by molar-refractivity contribution is 7.92. The fraction of sp³-hybridized carbons (Fsp3) is 0.533. The standard InChI is InChI=1S/C15H24N2O4S/c1-6-17(7-2)15(18)12(3)21-14-10-8-13(9-11-14)16(4)22(5,19)20/h8-12H,6-7H2,1-5H3. The quantitative estimate of drug-likeness (QED) is 0.764. The van der Waals surface area contributed by atoms with E-state index >= 15 is 0 Å². The normalized spacial score (nSPS) is 12.6. The first kappa shape index (κ1) is 18.3. The Labute approximate surface area is 132 Å². The summed E-state index contributed by atoms with van der Waals surface area (Å²) in [6.45, 7) is 6.83. The summed E-state index contributed by atoms with van der Waals surface area (Å²) in [4.78, 5) is 13.8. The second-order valence-electron chi connectivity index (χ2n) is 4.99. The smallest absolute Gasteiger partial charge is 0.263 e. The Balaban J connectivity index is 2.78. The van der Waals surface area contributed by atoms with Crippen LogP contribution in [-0.2, 0) is 14.8 Å². The summed E-state index contributed by atoms with van der Waals surface area (Å²) in [5.41, 5.74) is 0.539. The van der Waals surface area contributed by atoms with Crippen molar-refractivity contribution in [1.29, 1.82) is 0 Å². The predicted molar refractivity (Wildman–Crippen MR) is 87.7 cm³/mol. The minimum absolute atomic E-state index is 0.0673. The van der Waals surface area contributed by atoms with Gasteiger partial charge >= 0.3 is 0 Å². The number of ether oxygens (including phenoxy) is 1. The van der Waals surface area contributed by atoms with Gasteiger partial charge in [0.05, 0.1) is 11.9 Å². The third-order valence-electron chi connectivity index (χ3n) is 3.43. The SMILES string of the molecule is CCN(CC)C(=O)C(C)Oc1ccc(N(C)S(C)(=O)=O)cc1. The van der Waals surface area contributed by atoms with E-state index in [4.69, 9.17) is 4.74 Å². The molecular formula is C15H24N2O4S. The molecule has 0 bridgehead atoms. The lowest BCUT2D eigenvalue weighted by molar-refractivity contribution is -0.137. The monoisotopic (exact) mass is 328 g/mol. The molecular weight excluding hydrogens is 304 g/mol. The van der Waals surface area contributed by atoms with Crippen molar-refractivity contribution in [1.82, 2.24) is 4.90 Å². The van der Waals surface area contributed by atoms with Gasteiger partial charge in [0, 0.05) is 20.1 Å². The Morgan fingerprint density at radius 2 is 1.68 bits per heavy atom. The molecule has 0 saturated heterocycles. The zero-order chi connectivity index (χ0) is 16.9. The van der Waals surface area contributed by atoms with E-state index in [0.717, 1.165) is 6.26 Å². The van der Waals surface area contributed by atoms with Gasteiger partial charge < -0.3 is 9.64 Å². The van der Waals surface area contributed by atoms with E-state index in [1.54, 1.807) is 36.1 Å². The Morgan fingerprint density at radius 1 is 1.18 bits per heavy atom. The van der Waals surface area contributed by atoms with Crippen LogP contribution in [0.5, 0.6) is 5.75 Å². The number of hydrogen-bond donors (Lipinski definition) is 0. The van der Waals surface area contributed by atoms with Gasteiger partial charge in [0.25, 0.3) is 5.91 Å². The Hall–Kier alpha value is -1.76. The highest BCUT2D eigenvalue weighted by atomic mass is 32.2. The first-order valence-electron chi connectivity index (χ1n) is 7.20. The minimum atomic E-state index is -3.29. The van der Waals surface area contributed by atoms with Crippen LogP contribution in [0, 0.1) is 0 Å². The lowest BCUT2D eigenvalue weighted by Crippen LogP contribution is -2.40. The summed E-state index contributed by atoms with van der Waals surface area (Å²) in [7, 11) is -1.81. The maximum Gasteiger partial charge on any atom is 0.263 e. The van der Waals surface area contributed by atoms with Crippen molar-refractivity contribution >= 4 is 21.6 Å². The molecule has 1 atom stereocenters. The molecule has 0 heterocycles. The van der Waals surface area contributed by atoms with Crippen molar-refractivity contribution in [3.05, 3.63) is 24.3 Å². The molecule has 0 spiro atoms. The number of carbonyl (C=O) groups excluding carboxylic acids is 1. The zero-order valence-electron chi connectivity index (χ0n) is 13.7. The highest BCUT2D eigenvalue weighted by Crippen LogP contribution is 2.21. The fourth-order valence-electron chi connectivity index (χ4n) is 1.97. The van der Waals surface area contributed by atoms with Gasteiger partial charge in [0.2, 0.25) is 10.0 Å². The average molecular weight is 328 g/mol. The maximum absolute atomic E-state index is 12.1. The molecule has 0 N–H and O–H groups in total. The molecule has 0 aliphatic carbocycles. The summed E-state index contributed by atoms with van der Waals surface area (Å²) in [6, 6.07) is 6.60. The van der Waals surface area contributed by atoms with Crippen molar-refractivity contribution in [2.75, 3.05) is 30.7 Å². The molecule has 0 aromatic heterocycles. The average Bonchev–Trinajstić information content (AvgIpc) is 2.47. The molecule has 0 fully saturated rings. The number of rotatable bonds is 7. The van der Waals surface area contributed by atoms with E-state index in [0.29, 0.717) is 24.5 Å². The van der Waals surface area contributed by atoms with Crippen molar-refractivity contribution < 1.29 is 17.9 Å². The largest absolute Gasteiger partial charge is 0.481 e. The third-order valence-corrected chi connectivity index (χ3v) is 4.64. The molecule has 6 nitrogen and oxygen atoms in total. The first-order chi connectivity index (χ1) is 10.2. The number of likely N-dealkylation sites (N-methyl/N-ethyl adjacent to an activating group) is 1. The Kier molecular flexibility index (Phi) is 6.22. The number of benzene rings is 1. The summed E-state index contributed by atoms with van der Waals surface area (Å²) >= 11 is 0. The van der Waals surface area contributed by atoms with E-state index in [-0.39, 0.29) is 5.91 Å². The fourth-order valence-corrected chi connectivity index (χ4v) is 2.48. The summed E-state index contributed by atoms with van der Waals surface area (Å²) < 4.78 is 29.7. The van der Waals surface area contributed by atoms with Gasteiger partial charge in [-0.3, -0.25) is 9.10 Å². The lowest BCUT2D eigenvalue weighted by Gasteiger charge is -2.23. The van der Waals surface area contributed by atoms with Crippen LogP contribution in [0.25, 0.3) is 0 Å².